The number of nitrogens with zero attached hydrogens (tertiary/aromatic N) is 2. The third-order valence-corrected chi connectivity index (χ3v) is 19.0. The van der Waals surface area contributed by atoms with Gasteiger partial charge in [-0.3, -0.25) is 0 Å². The summed E-state index contributed by atoms with van der Waals surface area (Å²) < 4.78 is 43.4. The minimum atomic E-state index is -0.729. The van der Waals surface area contributed by atoms with Crippen LogP contribution in [0.4, 0.5) is 42.9 Å². The molecular weight excluding hydrogens is 1150 g/mol. The Balaban J connectivity index is 0.858. The quantitative estimate of drug-likeness (QED) is 0.0849. The van der Waals surface area contributed by atoms with Crippen LogP contribution < -0.4 is 19.3 Å². The van der Waals surface area contributed by atoms with Crippen molar-refractivity contribution in [2.75, 3.05) is 23.0 Å². The van der Waals surface area contributed by atoms with Crippen LogP contribution in [0.15, 0.2) is 304 Å². The summed E-state index contributed by atoms with van der Waals surface area (Å²) in [7, 11) is 0. The number of hydrogen-bond acceptors (Lipinski definition) is 4. The normalized spacial score (nSPS) is 15.3. The van der Waals surface area contributed by atoms with Crippen LogP contribution >= 0.6 is 0 Å². The Morgan fingerprint density at radius 3 is 0.989 bits per heavy atom. The van der Waals surface area contributed by atoms with Gasteiger partial charge in [0.1, 0.15) is 36.3 Å². The van der Waals surface area contributed by atoms with Gasteiger partial charge < -0.3 is 19.3 Å². The summed E-state index contributed by atoms with van der Waals surface area (Å²) >= 11 is 0. The van der Waals surface area contributed by atoms with Gasteiger partial charge in [0.05, 0.1) is 10.8 Å². The molecule has 0 radical (unpaired) electrons. The van der Waals surface area contributed by atoms with Crippen molar-refractivity contribution in [3.05, 3.63) is 372 Å². The van der Waals surface area contributed by atoms with E-state index in [1.165, 1.54) is 34.4 Å². The molecular formula is C88H74F2N2O2. The summed E-state index contributed by atoms with van der Waals surface area (Å²) in [5.41, 5.74) is 21.5. The van der Waals surface area contributed by atoms with Crippen LogP contribution in [0.5, 0.6) is 11.5 Å². The largest absolute Gasteiger partial charge is 0.490 e. The molecule has 12 aromatic rings. The first-order chi connectivity index (χ1) is 45.6. The van der Waals surface area contributed by atoms with Crippen molar-refractivity contribution in [2.45, 2.75) is 63.2 Å². The molecule has 0 aromatic heterocycles. The van der Waals surface area contributed by atoms with Crippen molar-refractivity contribution < 1.29 is 18.3 Å². The Morgan fingerprint density at radius 2 is 0.649 bits per heavy atom. The highest BCUT2D eigenvalue weighted by Gasteiger charge is 2.48. The average Bonchev–Trinajstić information content (AvgIpc) is 1.53. The average molecular weight is 1230 g/mol. The van der Waals surface area contributed by atoms with Gasteiger partial charge in [0.2, 0.25) is 0 Å². The molecule has 2 unspecified atom stereocenters. The van der Waals surface area contributed by atoms with Gasteiger partial charge in [-0.15, -0.1) is 0 Å². The van der Waals surface area contributed by atoms with Crippen LogP contribution in [-0.4, -0.2) is 13.2 Å². The van der Waals surface area contributed by atoms with E-state index in [1.807, 2.05) is 12.1 Å². The van der Waals surface area contributed by atoms with E-state index in [2.05, 4.69) is 295 Å². The molecule has 14 rings (SSSR count). The smallest absolute Gasteiger partial charge is 0.125 e. The van der Waals surface area contributed by atoms with Gasteiger partial charge in [-0.25, -0.2) is 8.78 Å². The molecule has 0 N–H and O–H groups in total. The van der Waals surface area contributed by atoms with Crippen molar-refractivity contribution >= 4 is 34.1 Å². The molecule has 2 aliphatic rings. The Labute approximate surface area is 552 Å². The van der Waals surface area contributed by atoms with Crippen molar-refractivity contribution in [2.24, 2.45) is 0 Å². The fourth-order valence-electron chi connectivity index (χ4n) is 14.5. The van der Waals surface area contributed by atoms with Gasteiger partial charge in [-0.05, 0) is 209 Å². The van der Waals surface area contributed by atoms with Crippen molar-refractivity contribution in [3.8, 4) is 44.9 Å². The van der Waals surface area contributed by atoms with E-state index in [1.54, 1.807) is 36.4 Å². The number of fused-ring (bicyclic) bond motifs is 6. The Morgan fingerprint density at radius 1 is 0.330 bits per heavy atom. The van der Waals surface area contributed by atoms with E-state index in [0.29, 0.717) is 24.6 Å². The monoisotopic (exact) mass is 1230 g/mol. The first-order valence-corrected chi connectivity index (χ1v) is 32.3. The predicted octanol–water partition coefficient (Wildman–Crippen LogP) is 23.0. The second kappa shape index (κ2) is 24.3. The summed E-state index contributed by atoms with van der Waals surface area (Å²) in [5, 5.41) is 0. The molecule has 0 heterocycles. The molecule has 12 aromatic carbocycles. The summed E-state index contributed by atoms with van der Waals surface area (Å²) in [6.45, 7) is 22.0. The van der Waals surface area contributed by atoms with E-state index in [0.717, 1.165) is 101 Å². The summed E-state index contributed by atoms with van der Waals surface area (Å²) in [6.07, 6.45) is 3.52. The lowest BCUT2D eigenvalue weighted by Crippen LogP contribution is -2.29. The number of hydrogen-bond donors (Lipinski definition) is 0. The predicted molar refractivity (Wildman–Crippen MR) is 385 cm³/mol. The molecule has 4 nitrogen and oxygen atoms in total. The van der Waals surface area contributed by atoms with Crippen LogP contribution in [-0.2, 0) is 21.7 Å². The minimum absolute atomic E-state index is 0.0462. The Hall–Kier alpha value is -10.8. The number of rotatable bonds is 17. The standard InChI is InChI=1S/C88H74F2N2O2/c1-9-53-93-75-47-37-65(38-48-75)87(63-33-29-61(30-34-63)85(3,4)5)81-23-13-11-21-77(81)79-51-45-73(57-83(79)87)91(71-19-15-17-67(89)55-71)69-41-25-59(26-42-69)60-27-43-70(44-28-60)92(72-20-16-18-68(90)56-72)74-46-52-80-78-22-12-14-24-82(78)88(84(80)58-74,64-35-31-62(32-36-64)86(6,7)8)66-39-49-76(50-40-66)94-54-10-2/h9-52,55-58H,1-2,53-54H2,3-8H3. The van der Waals surface area contributed by atoms with Crippen molar-refractivity contribution in [1.82, 2.24) is 0 Å². The van der Waals surface area contributed by atoms with Gasteiger partial charge in [-0.2, -0.15) is 0 Å². The first kappa shape index (κ1) is 60.7. The summed E-state index contributed by atoms with van der Waals surface area (Å²) in [5.74, 6) is 0.869. The zero-order valence-electron chi connectivity index (χ0n) is 54.0. The molecule has 0 saturated carbocycles. The van der Waals surface area contributed by atoms with E-state index in [9.17, 15) is 0 Å². The third kappa shape index (κ3) is 10.7. The van der Waals surface area contributed by atoms with E-state index < -0.39 is 10.8 Å². The second-order valence-corrected chi connectivity index (χ2v) is 26.7. The maximum absolute atomic E-state index is 15.7. The number of ether oxygens (including phenoxy) is 2. The molecule has 462 valence electrons. The van der Waals surface area contributed by atoms with Crippen molar-refractivity contribution in [3.63, 3.8) is 0 Å². The molecule has 0 bridgehead atoms. The highest BCUT2D eigenvalue weighted by molar-refractivity contribution is 5.92. The van der Waals surface area contributed by atoms with E-state index in [4.69, 9.17) is 9.47 Å². The highest BCUT2D eigenvalue weighted by Crippen LogP contribution is 2.60. The zero-order chi connectivity index (χ0) is 64.9. The molecule has 2 atom stereocenters. The second-order valence-electron chi connectivity index (χ2n) is 26.7. The highest BCUT2D eigenvalue weighted by atomic mass is 19.1. The van der Waals surface area contributed by atoms with Crippen LogP contribution in [0.1, 0.15) is 97.2 Å². The number of anilines is 6. The SMILES string of the molecule is C=CCOc1ccc(C2(c3ccc(C(C)(C)C)cc3)c3ccccc3-c3ccc(N(c4ccc(-c5ccc(N(c6cccc(F)c6)c6ccc7c(c6)C(c6ccc(OCC=C)cc6)(c6ccc(C(C)(C)C)cc6)c6ccccc6-7)cc5)cc4)c4cccc(F)c4)cc32)cc1. The van der Waals surface area contributed by atoms with Gasteiger partial charge in [0.15, 0.2) is 0 Å². The van der Waals surface area contributed by atoms with Crippen LogP contribution in [0.2, 0.25) is 0 Å². The first-order valence-electron chi connectivity index (χ1n) is 32.3. The zero-order valence-corrected chi connectivity index (χ0v) is 54.0. The molecule has 0 aliphatic heterocycles. The van der Waals surface area contributed by atoms with E-state index >= 15 is 8.78 Å². The fraction of sp³-hybridized carbons (Fsp3) is 0.136. The summed E-state index contributed by atoms with van der Waals surface area (Å²) in [4.78, 5) is 4.29. The lowest BCUT2D eigenvalue weighted by Gasteiger charge is -2.35. The van der Waals surface area contributed by atoms with Crippen molar-refractivity contribution in [1.29, 1.82) is 0 Å². The fourth-order valence-corrected chi connectivity index (χ4v) is 14.5. The molecule has 94 heavy (non-hydrogen) atoms. The van der Waals surface area contributed by atoms with E-state index in [-0.39, 0.29) is 22.5 Å². The molecule has 0 fully saturated rings. The van der Waals surface area contributed by atoms with Crippen LogP contribution in [0, 0.1) is 11.6 Å². The lowest BCUT2D eigenvalue weighted by molar-refractivity contribution is 0.363. The summed E-state index contributed by atoms with van der Waals surface area (Å²) in [6, 6.07) is 96.7. The van der Waals surface area contributed by atoms with Gasteiger partial charge in [-0.1, -0.05) is 237 Å². The molecule has 0 saturated heterocycles. The Bertz CT molecular complexity index is 4480. The molecule has 0 spiro atoms. The lowest BCUT2D eigenvalue weighted by atomic mass is 9.67. The van der Waals surface area contributed by atoms with Crippen LogP contribution in [0.25, 0.3) is 33.4 Å². The number of benzene rings is 12. The minimum Gasteiger partial charge on any atom is -0.490 e. The topological polar surface area (TPSA) is 24.9 Å². The maximum Gasteiger partial charge on any atom is 0.125 e. The maximum atomic E-state index is 15.7. The third-order valence-electron chi connectivity index (χ3n) is 19.0. The van der Waals surface area contributed by atoms with Crippen LogP contribution in [0.3, 0.4) is 0 Å². The molecule has 0 amide bonds. The molecule has 2 aliphatic carbocycles. The van der Waals surface area contributed by atoms with Gasteiger partial charge in [0, 0.05) is 34.1 Å². The number of halogens is 2. The van der Waals surface area contributed by atoms with Gasteiger partial charge in [0.25, 0.3) is 0 Å². The molecule has 6 heteroatoms. The van der Waals surface area contributed by atoms with Gasteiger partial charge >= 0.3 is 0 Å². The Kier molecular flexibility index (Phi) is 15.7.